The number of hydrogen-bond donors (Lipinski definition) is 0. The van der Waals surface area contributed by atoms with Gasteiger partial charge in [0.05, 0.1) is 5.56 Å². The molecular weight excluding hydrogens is 378 g/mol. The van der Waals surface area contributed by atoms with Crippen LogP contribution < -0.4 is 0 Å². The highest BCUT2D eigenvalue weighted by atomic mass is 19.1. The van der Waals surface area contributed by atoms with Crippen molar-refractivity contribution in [3.8, 4) is 11.4 Å². The fourth-order valence-electron chi connectivity index (χ4n) is 4.53. The smallest absolute Gasteiger partial charge is 0.257 e. The minimum atomic E-state index is -0.824. The molecule has 2 fully saturated rings. The number of benzene rings is 1. The van der Waals surface area contributed by atoms with E-state index in [9.17, 15) is 13.6 Å². The normalized spacial score (nSPS) is 23.4. The first-order chi connectivity index (χ1) is 14.1. The molecule has 3 aromatic rings. The van der Waals surface area contributed by atoms with E-state index < -0.39 is 11.6 Å². The quantitative estimate of drug-likeness (QED) is 0.670. The van der Waals surface area contributed by atoms with E-state index in [1.54, 1.807) is 17.3 Å². The lowest BCUT2D eigenvalue weighted by molar-refractivity contribution is 0.0550. The van der Waals surface area contributed by atoms with Crippen molar-refractivity contribution in [3.63, 3.8) is 0 Å². The monoisotopic (exact) mass is 396 g/mol. The van der Waals surface area contributed by atoms with Crippen LogP contribution >= 0.6 is 0 Å². The molecule has 148 valence electrons. The highest BCUT2D eigenvalue weighted by Gasteiger charge is 2.45. The van der Waals surface area contributed by atoms with Gasteiger partial charge in [0, 0.05) is 42.0 Å². The van der Waals surface area contributed by atoms with Crippen molar-refractivity contribution in [1.82, 2.24) is 20.0 Å². The number of halogens is 2. The maximum absolute atomic E-state index is 14.1. The highest BCUT2D eigenvalue weighted by Crippen LogP contribution is 2.43. The average molecular weight is 396 g/mol. The van der Waals surface area contributed by atoms with E-state index in [-0.39, 0.29) is 29.5 Å². The minimum Gasteiger partial charge on any atom is -0.339 e. The Hall–Kier alpha value is -3.16. The maximum atomic E-state index is 14.1. The topological polar surface area (TPSA) is 72.1 Å². The van der Waals surface area contributed by atoms with Gasteiger partial charge in [0.15, 0.2) is 0 Å². The number of carbonyl (C=O) groups excluding carboxylic acids is 1. The number of amides is 1. The number of hydrogen-bond acceptors (Lipinski definition) is 5. The van der Waals surface area contributed by atoms with E-state index in [0.29, 0.717) is 24.6 Å². The summed E-state index contributed by atoms with van der Waals surface area (Å²) in [5, 5.41) is 4.07. The van der Waals surface area contributed by atoms with E-state index in [4.69, 9.17) is 4.52 Å². The molecule has 1 aromatic carbocycles. The summed E-state index contributed by atoms with van der Waals surface area (Å²) in [6.07, 6.45) is 6.41. The molecule has 6 nitrogen and oxygen atoms in total. The predicted octanol–water partition coefficient (Wildman–Crippen LogP) is 3.96. The largest absolute Gasteiger partial charge is 0.339 e. The minimum absolute atomic E-state index is 0.0213. The van der Waals surface area contributed by atoms with Crippen LogP contribution in [-0.2, 0) is 0 Å². The first-order valence-corrected chi connectivity index (χ1v) is 9.62. The molecule has 29 heavy (non-hydrogen) atoms. The second-order valence-corrected chi connectivity index (χ2v) is 7.58. The molecule has 0 aliphatic carbocycles. The van der Waals surface area contributed by atoms with Gasteiger partial charge in [-0.3, -0.25) is 9.78 Å². The number of rotatable bonds is 3. The van der Waals surface area contributed by atoms with Crippen LogP contribution in [0.2, 0.25) is 0 Å². The SMILES string of the molecule is O=C(c1ccc(F)cc1F)N1[C@@H]2CC[C@H]1CC(c1nc(-c3ccncc3)no1)C2. The van der Waals surface area contributed by atoms with E-state index in [0.717, 1.165) is 30.5 Å². The molecule has 2 aliphatic heterocycles. The molecule has 0 radical (unpaired) electrons. The summed E-state index contributed by atoms with van der Waals surface area (Å²) >= 11 is 0. The lowest BCUT2D eigenvalue weighted by Gasteiger charge is -2.38. The molecule has 0 spiro atoms. The van der Waals surface area contributed by atoms with Crippen LogP contribution in [0.3, 0.4) is 0 Å². The van der Waals surface area contributed by atoms with Gasteiger partial charge in [-0.1, -0.05) is 5.16 Å². The third-order valence-electron chi connectivity index (χ3n) is 5.86. The summed E-state index contributed by atoms with van der Waals surface area (Å²) in [7, 11) is 0. The third kappa shape index (κ3) is 3.18. The fourth-order valence-corrected chi connectivity index (χ4v) is 4.53. The Bertz CT molecular complexity index is 1040. The molecular formula is C21H18F2N4O2. The molecule has 1 unspecified atom stereocenters. The molecule has 0 N–H and O–H groups in total. The van der Waals surface area contributed by atoms with Crippen molar-refractivity contribution in [2.45, 2.75) is 43.7 Å². The Morgan fingerprint density at radius 3 is 2.48 bits per heavy atom. The zero-order chi connectivity index (χ0) is 20.0. The molecule has 0 saturated carbocycles. The predicted molar refractivity (Wildman–Crippen MR) is 98.8 cm³/mol. The highest BCUT2D eigenvalue weighted by molar-refractivity contribution is 5.95. The second-order valence-electron chi connectivity index (χ2n) is 7.58. The Kier molecular flexibility index (Phi) is 4.34. The van der Waals surface area contributed by atoms with Gasteiger partial charge in [0.2, 0.25) is 11.7 Å². The third-order valence-corrected chi connectivity index (χ3v) is 5.86. The Morgan fingerprint density at radius 1 is 1.07 bits per heavy atom. The average Bonchev–Trinajstić information content (AvgIpc) is 3.31. The van der Waals surface area contributed by atoms with Crippen LogP contribution in [-0.4, -0.2) is 38.0 Å². The second kappa shape index (κ2) is 7.02. The summed E-state index contributed by atoms with van der Waals surface area (Å²) in [6.45, 7) is 0. The van der Waals surface area contributed by atoms with Crippen molar-refractivity contribution in [2.75, 3.05) is 0 Å². The summed E-state index contributed by atoms with van der Waals surface area (Å²) < 4.78 is 32.8. The molecule has 4 heterocycles. The van der Waals surface area contributed by atoms with E-state index in [2.05, 4.69) is 15.1 Å². The van der Waals surface area contributed by atoms with E-state index in [1.807, 2.05) is 12.1 Å². The Labute approximate surface area is 165 Å². The van der Waals surface area contributed by atoms with Crippen LogP contribution in [0.15, 0.2) is 47.2 Å². The summed E-state index contributed by atoms with van der Waals surface area (Å²) in [5.74, 6) is -0.762. The standard InChI is InChI=1S/C21H18F2N4O2/c22-14-1-4-17(18(23)11-14)21(28)27-15-2-3-16(27)10-13(9-15)20-25-19(26-29-20)12-5-7-24-8-6-12/h1,4-8,11,13,15-16H,2-3,9-10H2/t13?,15-,16+. The Morgan fingerprint density at radius 2 is 1.79 bits per heavy atom. The fraction of sp³-hybridized carbons (Fsp3) is 0.333. The van der Waals surface area contributed by atoms with Gasteiger partial charge < -0.3 is 9.42 Å². The van der Waals surface area contributed by atoms with Crippen molar-refractivity contribution >= 4 is 5.91 Å². The van der Waals surface area contributed by atoms with E-state index >= 15 is 0 Å². The zero-order valence-electron chi connectivity index (χ0n) is 15.5. The molecule has 2 saturated heterocycles. The summed E-state index contributed by atoms with van der Waals surface area (Å²) in [6, 6.07) is 6.68. The van der Waals surface area contributed by atoms with Crippen LogP contribution in [0.4, 0.5) is 8.78 Å². The van der Waals surface area contributed by atoms with Crippen molar-refractivity contribution < 1.29 is 18.1 Å². The first kappa shape index (κ1) is 17.9. The van der Waals surface area contributed by atoms with Crippen molar-refractivity contribution in [1.29, 1.82) is 0 Å². The number of nitrogens with zero attached hydrogens (tertiary/aromatic N) is 4. The molecule has 2 aliphatic rings. The Balaban J connectivity index is 1.35. The number of pyridine rings is 1. The zero-order valence-corrected chi connectivity index (χ0v) is 15.5. The van der Waals surface area contributed by atoms with Crippen LogP contribution in [0.1, 0.15) is 47.8 Å². The van der Waals surface area contributed by atoms with Gasteiger partial charge in [-0.05, 0) is 49.9 Å². The molecule has 2 bridgehead atoms. The summed E-state index contributed by atoms with van der Waals surface area (Å²) in [4.78, 5) is 23.2. The number of aromatic nitrogens is 3. The first-order valence-electron chi connectivity index (χ1n) is 9.62. The van der Waals surface area contributed by atoms with Gasteiger partial charge in [0.25, 0.3) is 5.91 Å². The van der Waals surface area contributed by atoms with Gasteiger partial charge in [0.1, 0.15) is 11.6 Å². The number of piperidine rings is 1. The van der Waals surface area contributed by atoms with E-state index in [1.165, 1.54) is 6.07 Å². The van der Waals surface area contributed by atoms with Crippen LogP contribution in [0, 0.1) is 11.6 Å². The molecule has 1 amide bonds. The molecule has 5 rings (SSSR count). The van der Waals surface area contributed by atoms with Crippen molar-refractivity contribution in [2.24, 2.45) is 0 Å². The van der Waals surface area contributed by atoms with Gasteiger partial charge in [-0.15, -0.1) is 0 Å². The summed E-state index contributed by atoms with van der Waals surface area (Å²) in [5.41, 5.74) is 0.747. The number of fused-ring (bicyclic) bond motifs is 2. The van der Waals surface area contributed by atoms with Gasteiger partial charge >= 0.3 is 0 Å². The maximum Gasteiger partial charge on any atom is 0.257 e. The van der Waals surface area contributed by atoms with Crippen molar-refractivity contribution in [3.05, 3.63) is 65.8 Å². The van der Waals surface area contributed by atoms with Gasteiger partial charge in [-0.25, -0.2) is 8.78 Å². The molecule has 3 atom stereocenters. The lowest BCUT2D eigenvalue weighted by Crippen LogP contribution is -2.46. The van der Waals surface area contributed by atoms with Gasteiger partial charge in [-0.2, -0.15) is 4.98 Å². The molecule has 8 heteroatoms. The number of carbonyl (C=O) groups is 1. The van der Waals surface area contributed by atoms with Crippen LogP contribution in [0.25, 0.3) is 11.4 Å². The van der Waals surface area contributed by atoms with Crippen LogP contribution in [0.5, 0.6) is 0 Å². The molecule has 2 aromatic heterocycles. The lowest BCUT2D eigenvalue weighted by atomic mass is 9.90.